The zero-order valence-corrected chi connectivity index (χ0v) is 17.0. The van der Waals surface area contributed by atoms with E-state index in [0.717, 1.165) is 6.42 Å². The second-order valence-electron chi connectivity index (χ2n) is 7.42. The number of rotatable bonds is 9. The van der Waals surface area contributed by atoms with Crippen molar-refractivity contribution in [1.29, 1.82) is 0 Å². The molecule has 0 aromatic carbocycles. The summed E-state index contributed by atoms with van der Waals surface area (Å²) >= 11 is 0. The topological polar surface area (TPSA) is 52.6 Å². The summed E-state index contributed by atoms with van der Waals surface area (Å²) in [6.07, 6.45) is 3.18. The molecule has 0 aliphatic heterocycles. The number of esters is 1. The molecule has 0 N–H and O–H groups in total. The van der Waals surface area contributed by atoms with Crippen LogP contribution in [-0.4, -0.2) is 26.9 Å². The summed E-state index contributed by atoms with van der Waals surface area (Å²) in [6.45, 7) is 17.2. The first kappa shape index (κ1) is 21.9. The molecule has 0 aromatic rings. The molecule has 0 atom stereocenters. The van der Waals surface area contributed by atoms with Gasteiger partial charge in [-0.3, -0.25) is 0 Å². The number of carbonyl (C=O) groups excluding carboxylic acids is 2. The summed E-state index contributed by atoms with van der Waals surface area (Å²) < 4.78 is 11.0. The van der Waals surface area contributed by atoms with Crippen LogP contribution < -0.4 is 0 Å². The molecular weight excluding hydrogens is 308 g/mol. The van der Waals surface area contributed by atoms with Gasteiger partial charge in [-0.05, 0) is 29.0 Å². The number of hydrogen-bond acceptors (Lipinski definition) is 4. The van der Waals surface area contributed by atoms with Crippen LogP contribution in [0.25, 0.3) is 0 Å². The maximum atomic E-state index is 12.2. The van der Waals surface area contributed by atoms with Crippen molar-refractivity contribution in [3.8, 4) is 0 Å². The lowest BCUT2D eigenvalue weighted by Gasteiger charge is -2.40. The lowest BCUT2D eigenvalue weighted by molar-refractivity contribution is -0.138. The Hall–Kier alpha value is -1.10. The predicted octanol–water partition coefficient (Wildman–Crippen LogP) is 4.85. The van der Waals surface area contributed by atoms with Gasteiger partial charge in [0, 0.05) is 12.2 Å². The molecule has 0 unspecified atom stereocenters. The zero-order chi connectivity index (χ0) is 18.2. The fourth-order valence-corrected chi connectivity index (χ4v) is 8.26. The van der Waals surface area contributed by atoms with Crippen molar-refractivity contribution in [2.24, 2.45) is 5.92 Å². The summed E-state index contributed by atoms with van der Waals surface area (Å²) in [5.74, 6) is -0.450. The van der Waals surface area contributed by atoms with E-state index < -0.39 is 20.3 Å². The Labute approximate surface area is 142 Å². The molecular formula is C18H34O4Si. The molecule has 0 radical (unpaired) electrons. The smallest absolute Gasteiger partial charge is 0.331 e. The van der Waals surface area contributed by atoms with E-state index >= 15 is 0 Å². The van der Waals surface area contributed by atoms with E-state index in [0.29, 0.717) is 29.1 Å². The molecule has 23 heavy (non-hydrogen) atoms. The van der Waals surface area contributed by atoms with E-state index in [-0.39, 0.29) is 0 Å². The number of ether oxygens (including phenoxy) is 1. The van der Waals surface area contributed by atoms with Crippen molar-refractivity contribution in [1.82, 2.24) is 0 Å². The highest BCUT2D eigenvalue weighted by Gasteiger charge is 2.47. The van der Waals surface area contributed by atoms with E-state index in [1.54, 1.807) is 0 Å². The van der Waals surface area contributed by atoms with Crippen LogP contribution in [-0.2, 0) is 18.8 Å². The third-order valence-electron chi connectivity index (χ3n) is 4.28. The van der Waals surface area contributed by atoms with Crippen LogP contribution in [0.3, 0.4) is 0 Å². The van der Waals surface area contributed by atoms with Crippen molar-refractivity contribution in [3.05, 3.63) is 12.2 Å². The van der Waals surface area contributed by atoms with Crippen molar-refractivity contribution >= 4 is 20.3 Å². The van der Waals surface area contributed by atoms with Crippen molar-refractivity contribution in [3.63, 3.8) is 0 Å². The van der Waals surface area contributed by atoms with Crippen LogP contribution in [0.1, 0.15) is 61.8 Å². The van der Waals surface area contributed by atoms with Crippen molar-refractivity contribution < 1.29 is 18.8 Å². The second kappa shape index (κ2) is 9.91. The van der Waals surface area contributed by atoms with Crippen molar-refractivity contribution in [2.75, 3.05) is 6.61 Å². The van der Waals surface area contributed by atoms with Crippen molar-refractivity contribution in [2.45, 2.75) is 78.4 Å². The summed E-state index contributed by atoms with van der Waals surface area (Å²) in [7, 11) is -2.26. The first-order chi connectivity index (χ1) is 10.5. The molecule has 134 valence electrons. The molecule has 5 heteroatoms. The first-order valence-electron chi connectivity index (χ1n) is 8.61. The largest absolute Gasteiger partial charge is 0.515 e. The lowest BCUT2D eigenvalue weighted by Crippen LogP contribution is -2.49. The molecule has 0 saturated carbocycles. The quantitative estimate of drug-likeness (QED) is 0.341. The molecule has 0 rings (SSSR count). The Kier molecular flexibility index (Phi) is 9.43. The SMILES string of the molecule is CC(C)CCOC(=O)/C=C\C(=O)O[Si](C(C)C)(C(C)C)C(C)C. The van der Waals surface area contributed by atoms with E-state index in [4.69, 9.17) is 9.16 Å². The van der Waals surface area contributed by atoms with E-state index in [2.05, 4.69) is 55.4 Å². The Morgan fingerprint density at radius 2 is 1.26 bits per heavy atom. The van der Waals surface area contributed by atoms with Gasteiger partial charge in [-0.15, -0.1) is 0 Å². The van der Waals surface area contributed by atoms with Crippen LogP contribution in [0.4, 0.5) is 0 Å². The lowest BCUT2D eigenvalue weighted by atomic mass is 10.1. The van der Waals surface area contributed by atoms with Gasteiger partial charge in [-0.1, -0.05) is 55.4 Å². The second-order valence-corrected chi connectivity index (χ2v) is 12.8. The molecule has 0 amide bonds. The van der Waals surface area contributed by atoms with Crippen LogP contribution >= 0.6 is 0 Å². The van der Waals surface area contributed by atoms with Crippen LogP contribution in [0.15, 0.2) is 12.2 Å². The van der Waals surface area contributed by atoms with Gasteiger partial charge in [0.2, 0.25) is 0 Å². The van der Waals surface area contributed by atoms with Gasteiger partial charge in [0.1, 0.15) is 0 Å². The monoisotopic (exact) mass is 342 g/mol. The first-order valence-corrected chi connectivity index (χ1v) is 10.8. The number of carbonyl (C=O) groups is 2. The fourth-order valence-electron chi connectivity index (χ4n) is 3.14. The highest BCUT2D eigenvalue weighted by Crippen LogP contribution is 2.42. The molecule has 0 heterocycles. The normalized spacial score (nSPS) is 12.7. The molecule has 0 bridgehead atoms. The molecule has 0 aliphatic carbocycles. The Balaban J connectivity index is 4.77. The van der Waals surface area contributed by atoms with Gasteiger partial charge in [0.05, 0.1) is 6.61 Å². The van der Waals surface area contributed by atoms with E-state index in [1.807, 2.05) is 0 Å². The van der Waals surface area contributed by atoms with Gasteiger partial charge in [0.25, 0.3) is 8.32 Å². The van der Waals surface area contributed by atoms with E-state index in [1.165, 1.54) is 12.2 Å². The minimum Gasteiger partial charge on any atom is -0.515 e. The Bertz CT molecular complexity index is 389. The van der Waals surface area contributed by atoms with Gasteiger partial charge in [-0.25, -0.2) is 9.59 Å². The molecule has 0 aromatic heterocycles. The van der Waals surface area contributed by atoms with Gasteiger partial charge >= 0.3 is 11.9 Å². The van der Waals surface area contributed by atoms with Crippen LogP contribution in [0.5, 0.6) is 0 Å². The highest BCUT2D eigenvalue weighted by atomic mass is 28.4. The molecule has 4 nitrogen and oxygen atoms in total. The third-order valence-corrected chi connectivity index (χ3v) is 10.2. The van der Waals surface area contributed by atoms with E-state index in [9.17, 15) is 9.59 Å². The third kappa shape index (κ3) is 6.90. The zero-order valence-electron chi connectivity index (χ0n) is 16.0. The molecule has 0 fully saturated rings. The van der Waals surface area contributed by atoms with Gasteiger partial charge in [0.15, 0.2) is 0 Å². The van der Waals surface area contributed by atoms with Gasteiger partial charge in [-0.2, -0.15) is 0 Å². The standard InChI is InChI=1S/C18H34O4Si/c1-13(2)11-12-21-17(19)9-10-18(20)22-23(14(3)4,15(5)6)16(7)8/h9-10,13-16H,11-12H2,1-8H3/b10-9-. The highest BCUT2D eigenvalue weighted by molar-refractivity contribution is 6.79. The van der Waals surface area contributed by atoms with Crippen LogP contribution in [0.2, 0.25) is 16.6 Å². The summed E-state index contributed by atoms with van der Waals surface area (Å²) in [5, 5.41) is 0. The Morgan fingerprint density at radius 1 is 0.826 bits per heavy atom. The number of hydrogen-bond donors (Lipinski definition) is 0. The molecule has 0 spiro atoms. The fraction of sp³-hybridized carbons (Fsp3) is 0.778. The maximum absolute atomic E-state index is 12.2. The summed E-state index contributed by atoms with van der Waals surface area (Å²) in [5.41, 5.74) is 0.952. The summed E-state index contributed by atoms with van der Waals surface area (Å²) in [6, 6.07) is 0. The van der Waals surface area contributed by atoms with Crippen LogP contribution in [0, 0.1) is 5.92 Å². The summed E-state index contributed by atoms with van der Waals surface area (Å²) in [4.78, 5) is 23.8. The maximum Gasteiger partial charge on any atom is 0.331 e. The average Bonchev–Trinajstić information content (AvgIpc) is 2.40. The average molecular weight is 343 g/mol. The van der Waals surface area contributed by atoms with Gasteiger partial charge < -0.3 is 9.16 Å². The predicted molar refractivity (Wildman–Crippen MR) is 96.7 cm³/mol. The minimum atomic E-state index is -2.26. The molecule has 0 saturated heterocycles. The minimum absolute atomic E-state index is 0.317. The Morgan fingerprint density at radius 3 is 1.65 bits per heavy atom. The molecule has 0 aliphatic rings.